The van der Waals surface area contributed by atoms with E-state index in [0.29, 0.717) is 0 Å². The van der Waals surface area contributed by atoms with Gasteiger partial charge in [-0.2, -0.15) is 0 Å². The largest absolute Gasteiger partial charge is 0.342 e. The molecule has 0 saturated heterocycles. The van der Waals surface area contributed by atoms with E-state index in [4.69, 9.17) is 0 Å². The fraction of sp³-hybridized carbons (Fsp3) is 0.200. The first kappa shape index (κ1) is 7.55. The molecule has 70 valence electrons. The fourth-order valence-corrected chi connectivity index (χ4v) is 1.79. The number of aryl methyl sites for hydroxylation is 2. The van der Waals surface area contributed by atoms with Crippen molar-refractivity contribution in [2.45, 2.75) is 13.8 Å². The zero-order valence-corrected chi connectivity index (χ0v) is 8.05. The summed E-state index contributed by atoms with van der Waals surface area (Å²) < 4.78 is 0. The number of nitrogens with zero attached hydrogens (tertiary/aromatic N) is 2. The van der Waals surface area contributed by atoms with E-state index >= 15 is 0 Å². The molecule has 3 rings (SSSR count). The molecular formula is C10H10N4. The number of H-pyrrole nitrogens is 2. The van der Waals surface area contributed by atoms with Crippen molar-refractivity contribution in [1.29, 1.82) is 0 Å². The van der Waals surface area contributed by atoms with Crippen molar-refractivity contribution in [3.63, 3.8) is 0 Å². The summed E-state index contributed by atoms with van der Waals surface area (Å²) in [5, 5.41) is 0. The Morgan fingerprint density at radius 2 is 1.29 bits per heavy atom. The molecule has 0 saturated carbocycles. The first-order valence-electron chi connectivity index (χ1n) is 4.56. The molecule has 1 aromatic carbocycles. The van der Waals surface area contributed by atoms with Crippen molar-refractivity contribution in [3.8, 4) is 0 Å². The minimum absolute atomic E-state index is 0.924. The Labute approximate surface area is 80.4 Å². The molecule has 0 radical (unpaired) electrons. The van der Waals surface area contributed by atoms with Gasteiger partial charge in [0, 0.05) is 0 Å². The van der Waals surface area contributed by atoms with Crippen LogP contribution in [0.1, 0.15) is 11.6 Å². The highest BCUT2D eigenvalue weighted by molar-refractivity contribution is 6.00. The summed E-state index contributed by atoms with van der Waals surface area (Å²) in [5.41, 5.74) is 3.98. The van der Waals surface area contributed by atoms with E-state index in [9.17, 15) is 0 Å². The summed E-state index contributed by atoms with van der Waals surface area (Å²) in [6.07, 6.45) is 0. The summed E-state index contributed by atoms with van der Waals surface area (Å²) in [5.74, 6) is 1.85. The lowest BCUT2D eigenvalue weighted by Crippen LogP contribution is -1.73. The fourth-order valence-electron chi connectivity index (χ4n) is 1.79. The van der Waals surface area contributed by atoms with E-state index in [2.05, 4.69) is 19.9 Å². The number of imidazole rings is 2. The van der Waals surface area contributed by atoms with Crippen LogP contribution in [0.5, 0.6) is 0 Å². The Bertz CT molecular complexity index is 562. The summed E-state index contributed by atoms with van der Waals surface area (Å²) >= 11 is 0. The molecule has 0 aliphatic heterocycles. The number of aromatic nitrogens is 4. The van der Waals surface area contributed by atoms with Gasteiger partial charge in [-0.1, -0.05) is 0 Å². The van der Waals surface area contributed by atoms with Crippen LogP contribution in [0.15, 0.2) is 12.1 Å². The van der Waals surface area contributed by atoms with Crippen LogP contribution in [-0.2, 0) is 0 Å². The van der Waals surface area contributed by atoms with Gasteiger partial charge in [-0.05, 0) is 26.0 Å². The van der Waals surface area contributed by atoms with Crippen molar-refractivity contribution >= 4 is 22.1 Å². The van der Waals surface area contributed by atoms with Crippen LogP contribution >= 0.6 is 0 Å². The van der Waals surface area contributed by atoms with Gasteiger partial charge in [0.1, 0.15) is 22.7 Å². The zero-order valence-electron chi connectivity index (χ0n) is 8.05. The van der Waals surface area contributed by atoms with Gasteiger partial charge in [-0.3, -0.25) is 0 Å². The van der Waals surface area contributed by atoms with Gasteiger partial charge >= 0.3 is 0 Å². The quantitative estimate of drug-likeness (QED) is 0.564. The monoisotopic (exact) mass is 186 g/mol. The summed E-state index contributed by atoms with van der Waals surface area (Å²) in [7, 11) is 0. The third kappa shape index (κ3) is 0.878. The number of fused-ring (bicyclic) bond motifs is 3. The maximum atomic E-state index is 4.42. The Balaban J connectivity index is 2.58. The molecule has 4 nitrogen and oxygen atoms in total. The Morgan fingerprint density at radius 1 is 0.857 bits per heavy atom. The second-order valence-corrected chi connectivity index (χ2v) is 3.50. The number of nitrogens with one attached hydrogen (secondary N) is 2. The lowest BCUT2D eigenvalue weighted by Gasteiger charge is -1.88. The van der Waals surface area contributed by atoms with Crippen LogP contribution in [-0.4, -0.2) is 19.9 Å². The lowest BCUT2D eigenvalue weighted by atomic mass is 10.3. The molecule has 2 aromatic heterocycles. The SMILES string of the molecule is Cc1nc2c(ccc3[nH]c(C)nc32)[nH]1. The van der Waals surface area contributed by atoms with Gasteiger partial charge in [0.2, 0.25) is 0 Å². The first-order valence-corrected chi connectivity index (χ1v) is 4.56. The van der Waals surface area contributed by atoms with Crippen LogP contribution in [0.3, 0.4) is 0 Å². The van der Waals surface area contributed by atoms with Crippen LogP contribution in [0, 0.1) is 13.8 Å². The van der Waals surface area contributed by atoms with E-state index in [1.165, 1.54) is 0 Å². The highest BCUT2D eigenvalue weighted by Gasteiger charge is 2.07. The molecule has 0 amide bonds. The van der Waals surface area contributed by atoms with Crippen LogP contribution in [0.4, 0.5) is 0 Å². The molecule has 2 heterocycles. The maximum absolute atomic E-state index is 4.42. The average Bonchev–Trinajstić information content (AvgIpc) is 2.65. The second-order valence-electron chi connectivity index (χ2n) is 3.50. The van der Waals surface area contributed by atoms with Crippen LogP contribution in [0.2, 0.25) is 0 Å². The summed E-state index contributed by atoms with van der Waals surface area (Å²) in [6, 6.07) is 4.05. The van der Waals surface area contributed by atoms with Crippen molar-refractivity contribution in [3.05, 3.63) is 23.8 Å². The van der Waals surface area contributed by atoms with Gasteiger partial charge < -0.3 is 9.97 Å². The number of hydrogen-bond acceptors (Lipinski definition) is 2. The predicted molar refractivity (Wildman–Crippen MR) is 55.2 cm³/mol. The lowest BCUT2D eigenvalue weighted by molar-refractivity contribution is 1.16. The van der Waals surface area contributed by atoms with Gasteiger partial charge in [-0.25, -0.2) is 9.97 Å². The molecular weight excluding hydrogens is 176 g/mol. The van der Waals surface area contributed by atoms with Crippen LogP contribution in [0.25, 0.3) is 22.1 Å². The molecule has 0 spiro atoms. The Hall–Kier alpha value is -1.84. The molecule has 0 unspecified atom stereocenters. The van der Waals surface area contributed by atoms with E-state index in [1.807, 2.05) is 26.0 Å². The third-order valence-electron chi connectivity index (χ3n) is 2.34. The summed E-state index contributed by atoms with van der Waals surface area (Å²) in [6.45, 7) is 3.90. The molecule has 0 atom stereocenters. The average molecular weight is 186 g/mol. The molecule has 0 aliphatic carbocycles. The molecule has 2 N–H and O–H groups in total. The predicted octanol–water partition coefficient (Wildman–Crippen LogP) is 2.06. The Morgan fingerprint density at radius 3 is 1.71 bits per heavy atom. The third-order valence-corrected chi connectivity index (χ3v) is 2.34. The van der Waals surface area contributed by atoms with Gasteiger partial charge in [0.15, 0.2) is 0 Å². The van der Waals surface area contributed by atoms with Gasteiger partial charge in [0.25, 0.3) is 0 Å². The molecule has 4 heteroatoms. The highest BCUT2D eigenvalue weighted by atomic mass is 15.0. The number of aromatic amines is 2. The second kappa shape index (κ2) is 2.35. The Kier molecular flexibility index (Phi) is 1.27. The maximum Gasteiger partial charge on any atom is 0.116 e. The normalized spacial score (nSPS) is 11.6. The summed E-state index contributed by atoms with van der Waals surface area (Å²) in [4.78, 5) is 15.2. The van der Waals surface area contributed by atoms with E-state index in [-0.39, 0.29) is 0 Å². The van der Waals surface area contributed by atoms with Crippen molar-refractivity contribution < 1.29 is 0 Å². The highest BCUT2D eigenvalue weighted by Crippen LogP contribution is 2.21. The minimum Gasteiger partial charge on any atom is -0.342 e. The van der Waals surface area contributed by atoms with Gasteiger partial charge in [-0.15, -0.1) is 0 Å². The van der Waals surface area contributed by atoms with Crippen LogP contribution < -0.4 is 0 Å². The zero-order chi connectivity index (χ0) is 9.71. The van der Waals surface area contributed by atoms with E-state index in [1.54, 1.807) is 0 Å². The van der Waals surface area contributed by atoms with E-state index < -0.39 is 0 Å². The first-order chi connectivity index (χ1) is 6.74. The minimum atomic E-state index is 0.924. The molecule has 14 heavy (non-hydrogen) atoms. The topological polar surface area (TPSA) is 57.4 Å². The number of hydrogen-bond donors (Lipinski definition) is 2. The molecule has 0 aliphatic rings. The van der Waals surface area contributed by atoms with Gasteiger partial charge in [0.05, 0.1) is 11.0 Å². The van der Waals surface area contributed by atoms with Crippen molar-refractivity contribution in [2.24, 2.45) is 0 Å². The van der Waals surface area contributed by atoms with E-state index in [0.717, 1.165) is 33.7 Å². The molecule has 0 fully saturated rings. The van der Waals surface area contributed by atoms with Crippen molar-refractivity contribution in [1.82, 2.24) is 19.9 Å². The standard InChI is InChI=1S/C10H10N4/c1-5-11-7-3-4-8-10(9(7)13-5)14-6(2)12-8/h3-4H,1-2H3,(H,11,13)(H,12,14). The number of benzene rings is 1. The molecule has 0 bridgehead atoms. The smallest absolute Gasteiger partial charge is 0.116 e. The molecule has 3 aromatic rings. The number of rotatable bonds is 0. The van der Waals surface area contributed by atoms with Crippen molar-refractivity contribution in [2.75, 3.05) is 0 Å².